The Hall–Kier alpha value is -1.92. The van der Waals surface area contributed by atoms with Gasteiger partial charge in [0, 0.05) is 0 Å². The summed E-state index contributed by atoms with van der Waals surface area (Å²) in [6.07, 6.45) is 1.17. The maximum atomic E-state index is 10.9. The van der Waals surface area contributed by atoms with Gasteiger partial charge in [0.15, 0.2) is 5.69 Å². The van der Waals surface area contributed by atoms with Crippen molar-refractivity contribution in [2.24, 2.45) is 0 Å². The number of carboxylic acids is 1. The summed E-state index contributed by atoms with van der Waals surface area (Å²) in [7, 11) is 0. The third kappa shape index (κ3) is 2.54. The van der Waals surface area contributed by atoms with Gasteiger partial charge in [-0.05, 0) is 6.92 Å². The van der Waals surface area contributed by atoms with E-state index in [9.17, 15) is 9.59 Å². The van der Waals surface area contributed by atoms with Crippen molar-refractivity contribution in [3.8, 4) is 0 Å². The largest absolute Gasteiger partial charge is 0.476 e. The normalized spacial score (nSPS) is 9.79. The maximum absolute atomic E-state index is 10.9. The Morgan fingerprint density at radius 3 is 2.86 bits per heavy atom. The van der Waals surface area contributed by atoms with Gasteiger partial charge >= 0.3 is 11.9 Å². The Morgan fingerprint density at radius 1 is 1.64 bits per heavy atom. The van der Waals surface area contributed by atoms with Crippen LogP contribution in [0.15, 0.2) is 6.20 Å². The summed E-state index contributed by atoms with van der Waals surface area (Å²) < 4.78 is 5.75. The van der Waals surface area contributed by atoms with E-state index in [1.165, 1.54) is 6.20 Å². The van der Waals surface area contributed by atoms with E-state index in [0.717, 1.165) is 4.68 Å². The van der Waals surface area contributed by atoms with Crippen LogP contribution in [0.2, 0.25) is 0 Å². The number of ether oxygens (including phenoxy) is 1. The molecule has 1 heterocycles. The van der Waals surface area contributed by atoms with Crippen LogP contribution in [0.1, 0.15) is 17.4 Å². The molecular formula is C7H9N3O4. The minimum absolute atomic E-state index is 0.131. The zero-order chi connectivity index (χ0) is 10.6. The van der Waals surface area contributed by atoms with E-state index in [4.69, 9.17) is 5.11 Å². The smallest absolute Gasteiger partial charge is 0.358 e. The summed E-state index contributed by atoms with van der Waals surface area (Å²) in [6.45, 7) is 1.83. The monoisotopic (exact) mass is 199 g/mol. The molecule has 7 nitrogen and oxygen atoms in total. The number of aromatic carboxylic acids is 1. The number of esters is 1. The highest BCUT2D eigenvalue weighted by molar-refractivity contribution is 5.84. The SMILES string of the molecule is CCOC(=O)Cn1cc(C(=O)O)nn1. The first-order valence-corrected chi connectivity index (χ1v) is 3.92. The van der Waals surface area contributed by atoms with Crippen molar-refractivity contribution in [3.05, 3.63) is 11.9 Å². The van der Waals surface area contributed by atoms with Crippen LogP contribution in [0, 0.1) is 0 Å². The van der Waals surface area contributed by atoms with Crippen molar-refractivity contribution in [2.45, 2.75) is 13.5 Å². The lowest BCUT2D eigenvalue weighted by Crippen LogP contribution is -2.13. The fourth-order valence-corrected chi connectivity index (χ4v) is 0.813. The summed E-state index contributed by atoms with van der Waals surface area (Å²) in [5.41, 5.74) is -0.200. The molecule has 0 fully saturated rings. The molecule has 0 aliphatic heterocycles. The fourth-order valence-electron chi connectivity index (χ4n) is 0.813. The second kappa shape index (κ2) is 4.35. The number of carbonyl (C=O) groups is 2. The predicted octanol–water partition coefficient (Wildman–Crippen LogP) is -0.461. The first-order valence-electron chi connectivity index (χ1n) is 3.92. The molecule has 0 atom stereocenters. The van der Waals surface area contributed by atoms with Crippen molar-refractivity contribution < 1.29 is 19.4 Å². The van der Waals surface area contributed by atoms with Gasteiger partial charge in [0.2, 0.25) is 0 Å². The van der Waals surface area contributed by atoms with Crippen molar-refractivity contribution in [1.29, 1.82) is 0 Å². The van der Waals surface area contributed by atoms with Crippen molar-refractivity contribution in [1.82, 2.24) is 15.0 Å². The lowest BCUT2D eigenvalue weighted by atomic mass is 10.5. The molecule has 0 saturated carbocycles. The zero-order valence-electron chi connectivity index (χ0n) is 7.51. The molecule has 0 unspecified atom stereocenters. The number of hydrogen-bond donors (Lipinski definition) is 1. The molecule has 0 aliphatic carbocycles. The molecular weight excluding hydrogens is 190 g/mol. The lowest BCUT2D eigenvalue weighted by molar-refractivity contribution is -0.144. The minimum atomic E-state index is -1.18. The summed E-state index contributed by atoms with van der Waals surface area (Å²) in [4.78, 5) is 21.3. The Morgan fingerprint density at radius 2 is 2.36 bits per heavy atom. The van der Waals surface area contributed by atoms with Gasteiger partial charge < -0.3 is 9.84 Å². The van der Waals surface area contributed by atoms with E-state index < -0.39 is 11.9 Å². The molecule has 0 amide bonds. The summed E-state index contributed by atoms with van der Waals surface area (Å²) >= 11 is 0. The summed E-state index contributed by atoms with van der Waals surface area (Å²) in [6, 6.07) is 0. The van der Waals surface area contributed by atoms with Gasteiger partial charge in [-0.15, -0.1) is 5.10 Å². The Kier molecular flexibility index (Phi) is 3.16. The Bertz CT molecular complexity index is 346. The van der Waals surface area contributed by atoms with E-state index in [1.807, 2.05) is 0 Å². The van der Waals surface area contributed by atoms with Crippen molar-refractivity contribution in [3.63, 3.8) is 0 Å². The number of carbonyl (C=O) groups excluding carboxylic acids is 1. The standard InChI is InChI=1S/C7H9N3O4/c1-2-14-6(11)4-10-3-5(7(12)13)8-9-10/h3H,2,4H2,1H3,(H,12,13). The number of nitrogens with zero attached hydrogens (tertiary/aromatic N) is 3. The van der Waals surface area contributed by atoms with Gasteiger partial charge in [0.1, 0.15) is 6.54 Å². The van der Waals surface area contributed by atoms with Gasteiger partial charge in [0.25, 0.3) is 0 Å². The third-order valence-corrected chi connectivity index (χ3v) is 1.35. The average molecular weight is 199 g/mol. The maximum Gasteiger partial charge on any atom is 0.358 e. The molecule has 1 aromatic heterocycles. The molecule has 0 aromatic carbocycles. The number of hydrogen-bond acceptors (Lipinski definition) is 5. The first kappa shape index (κ1) is 10.2. The van der Waals surface area contributed by atoms with Crippen LogP contribution in [0.25, 0.3) is 0 Å². The molecule has 0 bridgehead atoms. The predicted molar refractivity (Wildman–Crippen MR) is 43.6 cm³/mol. The highest BCUT2D eigenvalue weighted by atomic mass is 16.5. The van der Waals surface area contributed by atoms with Crippen LogP contribution >= 0.6 is 0 Å². The molecule has 0 radical (unpaired) electrons. The molecule has 14 heavy (non-hydrogen) atoms. The number of rotatable bonds is 4. The molecule has 76 valence electrons. The van der Waals surface area contributed by atoms with Crippen LogP contribution in [0.4, 0.5) is 0 Å². The summed E-state index contributed by atoms with van der Waals surface area (Å²) in [5.74, 6) is -1.66. The molecule has 0 aliphatic rings. The lowest BCUT2D eigenvalue weighted by Gasteiger charge is -1.99. The van der Waals surface area contributed by atoms with Gasteiger partial charge in [-0.2, -0.15) is 0 Å². The van der Waals surface area contributed by atoms with Gasteiger partial charge in [-0.3, -0.25) is 4.79 Å². The summed E-state index contributed by atoms with van der Waals surface area (Å²) in [5, 5.41) is 15.3. The van der Waals surface area contributed by atoms with E-state index in [0.29, 0.717) is 0 Å². The highest BCUT2D eigenvalue weighted by Crippen LogP contribution is 1.93. The Balaban J connectivity index is 2.59. The first-order chi connectivity index (χ1) is 6.63. The molecule has 1 rings (SSSR count). The van der Waals surface area contributed by atoms with Crippen molar-refractivity contribution in [2.75, 3.05) is 6.61 Å². The van der Waals surface area contributed by atoms with E-state index in [2.05, 4.69) is 15.0 Å². The zero-order valence-corrected chi connectivity index (χ0v) is 7.51. The van der Waals surface area contributed by atoms with Crippen molar-refractivity contribution >= 4 is 11.9 Å². The van der Waals surface area contributed by atoms with Crippen LogP contribution in [-0.2, 0) is 16.1 Å². The van der Waals surface area contributed by atoms with Crippen LogP contribution in [0.5, 0.6) is 0 Å². The van der Waals surface area contributed by atoms with Gasteiger partial charge in [-0.1, -0.05) is 5.21 Å². The number of aromatic nitrogens is 3. The quantitative estimate of drug-likeness (QED) is 0.659. The molecule has 0 spiro atoms. The van der Waals surface area contributed by atoms with Crippen LogP contribution < -0.4 is 0 Å². The fraction of sp³-hybridized carbons (Fsp3) is 0.429. The molecule has 0 saturated heterocycles. The second-order valence-corrected chi connectivity index (χ2v) is 2.41. The Labute approximate surface area is 79.3 Å². The van der Waals surface area contributed by atoms with Crippen LogP contribution in [-0.4, -0.2) is 38.6 Å². The van der Waals surface area contributed by atoms with Crippen LogP contribution in [0.3, 0.4) is 0 Å². The van der Waals surface area contributed by atoms with E-state index in [1.54, 1.807) is 6.92 Å². The molecule has 7 heteroatoms. The van der Waals surface area contributed by atoms with Gasteiger partial charge in [0.05, 0.1) is 12.8 Å². The number of carboxylic acid groups (broad SMARTS) is 1. The minimum Gasteiger partial charge on any atom is -0.476 e. The average Bonchev–Trinajstić information content (AvgIpc) is 2.53. The van der Waals surface area contributed by atoms with E-state index in [-0.39, 0.29) is 18.8 Å². The third-order valence-electron chi connectivity index (χ3n) is 1.35. The second-order valence-electron chi connectivity index (χ2n) is 2.41. The van der Waals surface area contributed by atoms with Gasteiger partial charge in [-0.25, -0.2) is 9.48 Å². The highest BCUT2D eigenvalue weighted by Gasteiger charge is 2.10. The van der Waals surface area contributed by atoms with E-state index >= 15 is 0 Å². The molecule has 1 aromatic rings. The topological polar surface area (TPSA) is 94.3 Å². The molecule has 1 N–H and O–H groups in total.